The van der Waals surface area contributed by atoms with Gasteiger partial charge in [-0.25, -0.2) is 8.42 Å². The minimum atomic E-state index is -3.75. The van der Waals surface area contributed by atoms with Gasteiger partial charge in [-0.2, -0.15) is 0 Å². The molecule has 0 bridgehead atoms. The molecule has 0 heterocycles. The van der Waals surface area contributed by atoms with Crippen LogP contribution < -0.4 is 15.2 Å². The maximum Gasteiger partial charge on any atom is 0.264 e. The number of nitrogens with two attached hydrogens (primary N) is 1. The SMILES string of the molecule is COc1ccc(NS(=O)(=O)c2c(C)cccc2N)cc1Br. The van der Waals surface area contributed by atoms with Gasteiger partial charge in [-0.15, -0.1) is 0 Å². The topological polar surface area (TPSA) is 81.4 Å². The molecule has 0 saturated heterocycles. The van der Waals surface area contributed by atoms with Crippen LogP contribution in [0.3, 0.4) is 0 Å². The molecule has 0 aliphatic heterocycles. The number of anilines is 2. The van der Waals surface area contributed by atoms with Crippen LogP contribution in [0.25, 0.3) is 0 Å². The van der Waals surface area contributed by atoms with Crippen LogP contribution in [0.5, 0.6) is 5.75 Å². The summed E-state index contributed by atoms with van der Waals surface area (Å²) >= 11 is 3.32. The summed E-state index contributed by atoms with van der Waals surface area (Å²) in [5.41, 5.74) is 7.02. The average molecular weight is 371 g/mol. The lowest BCUT2D eigenvalue weighted by Crippen LogP contribution is -2.16. The zero-order chi connectivity index (χ0) is 15.6. The van der Waals surface area contributed by atoms with Gasteiger partial charge >= 0.3 is 0 Å². The minimum absolute atomic E-state index is 0.0944. The van der Waals surface area contributed by atoms with Gasteiger partial charge in [-0.3, -0.25) is 4.72 Å². The molecule has 2 aromatic carbocycles. The smallest absolute Gasteiger partial charge is 0.264 e. The lowest BCUT2D eigenvalue weighted by Gasteiger charge is -2.13. The van der Waals surface area contributed by atoms with Gasteiger partial charge in [0.1, 0.15) is 10.6 Å². The lowest BCUT2D eigenvalue weighted by molar-refractivity contribution is 0.412. The molecular weight excluding hydrogens is 356 g/mol. The summed E-state index contributed by atoms with van der Waals surface area (Å²) in [7, 11) is -2.21. The van der Waals surface area contributed by atoms with E-state index in [0.29, 0.717) is 21.5 Å². The second kappa shape index (κ2) is 5.95. The standard InChI is InChI=1S/C14H15BrN2O3S/c1-9-4-3-5-12(16)14(9)21(18,19)17-10-6-7-13(20-2)11(15)8-10/h3-8,17H,16H2,1-2H3. The largest absolute Gasteiger partial charge is 0.496 e. The van der Waals surface area contributed by atoms with Crippen molar-refractivity contribution in [3.63, 3.8) is 0 Å². The van der Waals surface area contributed by atoms with E-state index in [0.717, 1.165) is 0 Å². The van der Waals surface area contributed by atoms with Crippen molar-refractivity contribution in [1.29, 1.82) is 0 Å². The zero-order valence-corrected chi connectivity index (χ0v) is 14.0. The molecule has 0 radical (unpaired) electrons. The van der Waals surface area contributed by atoms with Gasteiger partial charge in [0.15, 0.2) is 0 Å². The number of methoxy groups -OCH3 is 1. The molecule has 0 fully saturated rings. The first-order valence-electron chi connectivity index (χ1n) is 6.06. The molecule has 5 nitrogen and oxygen atoms in total. The Morgan fingerprint density at radius 2 is 1.95 bits per heavy atom. The second-order valence-corrected chi connectivity index (χ2v) is 6.92. The van der Waals surface area contributed by atoms with Crippen molar-refractivity contribution >= 4 is 37.3 Å². The van der Waals surface area contributed by atoms with E-state index in [2.05, 4.69) is 20.7 Å². The monoisotopic (exact) mass is 370 g/mol. The Kier molecular flexibility index (Phi) is 4.43. The Morgan fingerprint density at radius 3 is 2.52 bits per heavy atom. The van der Waals surface area contributed by atoms with Crippen molar-refractivity contribution in [2.45, 2.75) is 11.8 Å². The van der Waals surface area contributed by atoms with Crippen LogP contribution in [0.15, 0.2) is 45.8 Å². The number of halogens is 1. The average Bonchev–Trinajstić information content (AvgIpc) is 2.37. The summed E-state index contributed by atoms with van der Waals surface area (Å²) in [5.74, 6) is 0.619. The molecule has 21 heavy (non-hydrogen) atoms. The maximum absolute atomic E-state index is 12.5. The molecular formula is C14H15BrN2O3S. The van der Waals surface area contributed by atoms with Crippen LogP contribution >= 0.6 is 15.9 Å². The third-order valence-electron chi connectivity index (χ3n) is 2.92. The maximum atomic E-state index is 12.5. The van der Waals surface area contributed by atoms with Crippen LogP contribution in [0.4, 0.5) is 11.4 Å². The summed E-state index contributed by atoms with van der Waals surface area (Å²) in [6.07, 6.45) is 0. The first kappa shape index (κ1) is 15.7. The normalized spacial score (nSPS) is 11.2. The molecule has 0 saturated carbocycles. The van der Waals surface area contributed by atoms with Crippen molar-refractivity contribution in [3.8, 4) is 5.75 Å². The third kappa shape index (κ3) is 3.30. The fraction of sp³-hybridized carbons (Fsp3) is 0.143. The summed E-state index contributed by atoms with van der Waals surface area (Å²) in [6.45, 7) is 1.70. The van der Waals surface area contributed by atoms with E-state index >= 15 is 0 Å². The molecule has 0 unspecified atom stereocenters. The predicted octanol–water partition coefficient (Wildman–Crippen LogP) is 3.15. The molecule has 0 aliphatic rings. The van der Waals surface area contributed by atoms with E-state index in [-0.39, 0.29) is 10.6 Å². The molecule has 0 atom stereocenters. The highest BCUT2D eigenvalue weighted by molar-refractivity contribution is 9.10. The molecule has 2 aromatic rings. The summed E-state index contributed by atoms with van der Waals surface area (Å²) < 4.78 is 33.2. The summed E-state index contributed by atoms with van der Waals surface area (Å²) in [6, 6.07) is 9.90. The van der Waals surface area contributed by atoms with E-state index in [4.69, 9.17) is 10.5 Å². The van der Waals surface area contributed by atoms with Gasteiger partial charge in [0.25, 0.3) is 10.0 Å². The number of ether oxygens (including phenoxy) is 1. The van der Waals surface area contributed by atoms with Crippen molar-refractivity contribution in [2.24, 2.45) is 0 Å². The van der Waals surface area contributed by atoms with E-state index in [1.165, 1.54) is 7.11 Å². The zero-order valence-electron chi connectivity index (χ0n) is 11.6. The molecule has 7 heteroatoms. The molecule has 0 aliphatic carbocycles. The minimum Gasteiger partial charge on any atom is -0.496 e. The number of nitrogen functional groups attached to an aromatic ring is 1. The van der Waals surface area contributed by atoms with E-state index in [1.54, 1.807) is 43.3 Å². The van der Waals surface area contributed by atoms with E-state index in [9.17, 15) is 8.42 Å². The van der Waals surface area contributed by atoms with Crippen LogP contribution in [-0.4, -0.2) is 15.5 Å². The molecule has 0 spiro atoms. The fourth-order valence-electron chi connectivity index (χ4n) is 1.98. The number of sulfonamides is 1. The summed E-state index contributed by atoms with van der Waals surface area (Å²) in [5, 5.41) is 0. The first-order valence-corrected chi connectivity index (χ1v) is 8.34. The van der Waals surface area contributed by atoms with Crippen LogP contribution in [0.1, 0.15) is 5.56 Å². The number of benzene rings is 2. The number of nitrogens with one attached hydrogen (secondary N) is 1. The first-order chi connectivity index (χ1) is 9.85. The van der Waals surface area contributed by atoms with Crippen molar-refractivity contribution in [1.82, 2.24) is 0 Å². The molecule has 0 amide bonds. The Morgan fingerprint density at radius 1 is 1.24 bits per heavy atom. The van der Waals surface area contributed by atoms with E-state index < -0.39 is 10.0 Å². The quantitative estimate of drug-likeness (QED) is 0.809. The number of hydrogen-bond acceptors (Lipinski definition) is 4. The third-order valence-corrected chi connectivity index (χ3v) is 5.13. The van der Waals surface area contributed by atoms with Gasteiger partial charge in [0, 0.05) is 0 Å². The van der Waals surface area contributed by atoms with Gasteiger partial charge in [0.2, 0.25) is 0 Å². The van der Waals surface area contributed by atoms with Crippen LogP contribution in [0, 0.1) is 6.92 Å². The number of hydrogen-bond donors (Lipinski definition) is 2. The Bertz CT molecular complexity index is 756. The highest BCUT2D eigenvalue weighted by Crippen LogP contribution is 2.30. The Hall–Kier alpha value is -1.73. The Labute approximate surface area is 132 Å². The van der Waals surface area contributed by atoms with Crippen LogP contribution in [-0.2, 0) is 10.0 Å². The number of rotatable bonds is 4. The molecule has 112 valence electrons. The lowest BCUT2D eigenvalue weighted by atomic mass is 10.2. The van der Waals surface area contributed by atoms with Crippen LogP contribution in [0.2, 0.25) is 0 Å². The van der Waals surface area contributed by atoms with Crippen molar-refractivity contribution < 1.29 is 13.2 Å². The fourth-order valence-corrected chi connectivity index (χ4v) is 3.93. The van der Waals surface area contributed by atoms with Gasteiger partial charge in [-0.05, 0) is 52.7 Å². The highest BCUT2D eigenvalue weighted by atomic mass is 79.9. The van der Waals surface area contributed by atoms with Crippen molar-refractivity contribution in [2.75, 3.05) is 17.6 Å². The second-order valence-electron chi connectivity index (χ2n) is 4.45. The highest BCUT2D eigenvalue weighted by Gasteiger charge is 2.20. The van der Waals surface area contributed by atoms with Gasteiger partial charge in [-0.1, -0.05) is 12.1 Å². The Balaban J connectivity index is 2.40. The van der Waals surface area contributed by atoms with E-state index in [1.807, 2.05) is 0 Å². The molecule has 3 N–H and O–H groups in total. The van der Waals surface area contributed by atoms with Gasteiger partial charge < -0.3 is 10.5 Å². The molecule has 0 aromatic heterocycles. The van der Waals surface area contributed by atoms with Gasteiger partial charge in [0.05, 0.1) is 23.0 Å². The number of aryl methyl sites for hydroxylation is 1. The summed E-state index contributed by atoms with van der Waals surface area (Å²) in [4.78, 5) is 0.0944. The predicted molar refractivity (Wildman–Crippen MR) is 87.1 cm³/mol. The van der Waals surface area contributed by atoms with Crippen molar-refractivity contribution in [3.05, 3.63) is 46.4 Å². The molecule has 2 rings (SSSR count).